The summed E-state index contributed by atoms with van der Waals surface area (Å²) in [5.74, 6) is 0.896. The van der Waals surface area contributed by atoms with Crippen molar-refractivity contribution in [3.63, 3.8) is 0 Å². The Morgan fingerprint density at radius 2 is 2.15 bits per heavy atom. The van der Waals surface area contributed by atoms with Gasteiger partial charge in [0, 0.05) is 16.3 Å². The average Bonchev–Trinajstić information content (AvgIpc) is 2.33. The van der Waals surface area contributed by atoms with Crippen LogP contribution in [-0.2, 0) is 6.54 Å². The fraction of sp³-hybridized carbons (Fsp3) is 0.636. The normalized spacial score (nSPS) is 31.5. The molecule has 0 amide bonds. The zero-order valence-electron chi connectivity index (χ0n) is 8.05. The first-order valence-corrected chi connectivity index (χ1v) is 5.96. The lowest BCUT2D eigenvalue weighted by Crippen LogP contribution is -2.28. The second kappa shape index (κ2) is 2.82. The zero-order chi connectivity index (χ0) is 8.84. The standard InChI is InChI=1S/C11H15NS/c1-8-6-10-7-12-4-2-9(3-5-12)11(10)13-8/h6,9H,2-5,7H2,1H3. The Hall–Kier alpha value is -0.340. The molecule has 2 bridgehead atoms. The molecule has 0 spiro atoms. The maximum absolute atomic E-state index is 2.61. The number of hydrogen-bond donors (Lipinski definition) is 0. The van der Waals surface area contributed by atoms with Crippen LogP contribution >= 0.6 is 11.3 Å². The highest BCUT2D eigenvalue weighted by Crippen LogP contribution is 2.39. The topological polar surface area (TPSA) is 3.24 Å². The highest BCUT2D eigenvalue weighted by molar-refractivity contribution is 7.12. The van der Waals surface area contributed by atoms with Crippen LogP contribution in [0.25, 0.3) is 0 Å². The minimum absolute atomic E-state index is 0.896. The van der Waals surface area contributed by atoms with Crippen molar-refractivity contribution < 1.29 is 0 Å². The summed E-state index contributed by atoms with van der Waals surface area (Å²) in [6, 6.07) is 2.40. The van der Waals surface area contributed by atoms with Gasteiger partial charge in [0.05, 0.1) is 0 Å². The molecule has 4 heterocycles. The fourth-order valence-electron chi connectivity index (χ4n) is 2.65. The van der Waals surface area contributed by atoms with Crippen molar-refractivity contribution >= 4 is 11.3 Å². The summed E-state index contributed by atoms with van der Waals surface area (Å²) in [6.07, 6.45) is 2.79. The van der Waals surface area contributed by atoms with Gasteiger partial charge in [-0.3, -0.25) is 4.90 Å². The van der Waals surface area contributed by atoms with Crippen molar-refractivity contribution in [2.24, 2.45) is 0 Å². The molecule has 0 N–H and O–H groups in total. The molecule has 0 radical (unpaired) electrons. The number of rotatable bonds is 0. The molecule has 1 fully saturated rings. The number of thiophene rings is 1. The van der Waals surface area contributed by atoms with Crippen molar-refractivity contribution in [1.82, 2.24) is 4.90 Å². The van der Waals surface area contributed by atoms with Gasteiger partial charge in [-0.05, 0) is 50.4 Å². The highest BCUT2D eigenvalue weighted by atomic mass is 32.1. The lowest BCUT2D eigenvalue weighted by molar-refractivity contribution is 0.221. The molecule has 1 saturated heterocycles. The van der Waals surface area contributed by atoms with E-state index in [9.17, 15) is 0 Å². The van der Waals surface area contributed by atoms with Gasteiger partial charge in [0.2, 0.25) is 0 Å². The summed E-state index contributed by atoms with van der Waals surface area (Å²) >= 11 is 2.04. The van der Waals surface area contributed by atoms with E-state index < -0.39 is 0 Å². The van der Waals surface area contributed by atoms with Crippen LogP contribution in [0.1, 0.15) is 34.1 Å². The van der Waals surface area contributed by atoms with Crippen LogP contribution in [0.3, 0.4) is 0 Å². The molecule has 0 unspecified atom stereocenters. The van der Waals surface area contributed by atoms with Crippen LogP contribution in [0.5, 0.6) is 0 Å². The van der Waals surface area contributed by atoms with Crippen molar-refractivity contribution in [2.45, 2.75) is 32.2 Å². The number of fused-ring (bicyclic) bond motifs is 2. The van der Waals surface area contributed by atoms with Gasteiger partial charge in [0.25, 0.3) is 0 Å². The van der Waals surface area contributed by atoms with E-state index in [4.69, 9.17) is 0 Å². The summed E-state index contributed by atoms with van der Waals surface area (Å²) in [4.78, 5) is 5.81. The first-order valence-electron chi connectivity index (χ1n) is 5.14. The van der Waals surface area contributed by atoms with Crippen LogP contribution in [0, 0.1) is 6.92 Å². The predicted octanol–water partition coefficient (Wildman–Crippen LogP) is 2.75. The van der Waals surface area contributed by atoms with E-state index in [1.54, 1.807) is 10.4 Å². The van der Waals surface area contributed by atoms with Crippen LogP contribution in [0.4, 0.5) is 0 Å². The van der Waals surface area contributed by atoms with Crippen molar-refractivity contribution in [3.8, 4) is 0 Å². The number of piperidine rings is 1. The Kier molecular flexibility index (Phi) is 1.74. The second-order valence-electron chi connectivity index (χ2n) is 4.30. The molecule has 1 nitrogen and oxygen atoms in total. The predicted molar refractivity (Wildman–Crippen MR) is 56.3 cm³/mol. The van der Waals surface area contributed by atoms with Gasteiger partial charge in [-0.15, -0.1) is 11.3 Å². The van der Waals surface area contributed by atoms with E-state index in [0.29, 0.717) is 0 Å². The van der Waals surface area contributed by atoms with E-state index in [1.165, 1.54) is 37.4 Å². The van der Waals surface area contributed by atoms with E-state index >= 15 is 0 Å². The maximum atomic E-state index is 2.61. The monoisotopic (exact) mass is 193 g/mol. The Morgan fingerprint density at radius 3 is 2.92 bits per heavy atom. The molecule has 3 aliphatic heterocycles. The maximum Gasteiger partial charge on any atom is 0.0244 e. The van der Waals surface area contributed by atoms with Gasteiger partial charge in [-0.2, -0.15) is 0 Å². The SMILES string of the molecule is Cc1cc2c(s1)C1CCN(CC1)C2. The van der Waals surface area contributed by atoms with Crippen LogP contribution in [0.15, 0.2) is 6.07 Å². The van der Waals surface area contributed by atoms with Crippen molar-refractivity contribution in [2.75, 3.05) is 13.1 Å². The smallest absolute Gasteiger partial charge is 0.0244 e. The third-order valence-electron chi connectivity index (χ3n) is 3.32. The van der Waals surface area contributed by atoms with Gasteiger partial charge in [-0.25, -0.2) is 0 Å². The molecule has 2 heteroatoms. The van der Waals surface area contributed by atoms with Gasteiger partial charge in [0.15, 0.2) is 0 Å². The summed E-state index contributed by atoms with van der Waals surface area (Å²) in [5.41, 5.74) is 1.63. The Balaban J connectivity index is 2.08. The summed E-state index contributed by atoms with van der Waals surface area (Å²) in [6.45, 7) is 6.11. The molecule has 70 valence electrons. The van der Waals surface area contributed by atoms with E-state index in [2.05, 4.69) is 17.9 Å². The van der Waals surface area contributed by atoms with Crippen molar-refractivity contribution in [1.29, 1.82) is 0 Å². The molecule has 13 heavy (non-hydrogen) atoms. The van der Waals surface area contributed by atoms with Gasteiger partial charge >= 0.3 is 0 Å². The van der Waals surface area contributed by atoms with Gasteiger partial charge in [0.1, 0.15) is 0 Å². The van der Waals surface area contributed by atoms with Crippen molar-refractivity contribution in [3.05, 3.63) is 21.4 Å². The first kappa shape index (κ1) is 8.01. The summed E-state index contributed by atoms with van der Waals surface area (Å²) in [7, 11) is 0. The lowest BCUT2D eigenvalue weighted by atomic mass is 9.96. The second-order valence-corrected chi connectivity index (χ2v) is 5.58. The third-order valence-corrected chi connectivity index (χ3v) is 4.57. The molecule has 1 aromatic heterocycles. The molecule has 4 rings (SSSR count). The van der Waals surface area contributed by atoms with E-state index in [0.717, 1.165) is 5.92 Å². The molecule has 0 saturated carbocycles. The summed E-state index contributed by atoms with van der Waals surface area (Å²) in [5, 5.41) is 0. The Bertz CT molecular complexity index is 321. The van der Waals surface area contributed by atoms with Gasteiger partial charge < -0.3 is 0 Å². The Morgan fingerprint density at radius 1 is 1.38 bits per heavy atom. The number of nitrogens with zero attached hydrogens (tertiary/aromatic N) is 1. The molecule has 0 atom stereocenters. The van der Waals surface area contributed by atoms with Crippen LogP contribution in [-0.4, -0.2) is 18.0 Å². The molecule has 0 aliphatic carbocycles. The average molecular weight is 193 g/mol. The van der Waals surface area contributed by atoms with Crippen LogP contribution < -0.4 is 0 Å². The first-order chi connectivity index (χ1) is 6.33. The highest BCUT2D eigenvalue weighted by Gasteiger charge is 2.28. The number of hydrogen-bond acceptors (Lipinski definition) is 2. The quantitative estimate of drug-likeness (QED) is 0.612. The zero-order valence-corrected chi connectivity index (χ0v) is 8.86. The minimum Gasteiger partial charge on any atom is -0.299 e. The Labute approximate surface area is 83.4 Å². The van der Waals surface area contributed by atoms with E-state index in [-0.39, 0.29) is 0 Å². The summed E-state index contributed by atoms with van der Waals surface area (Å²) < 4.78 is 0. The molecule has 1 aromatic rings. The lowest BCUT2D eigenvalue weighted by Gasteiger charge is -2.26. The van der Waals surface area contributed by atoms with Crippen LogP contribution in [0.2, 0.25) is 0 Å². The molecular weight excluding hydrogens is 178 g/mol. The fourth-order valence-corrected chi connectivity index (χ4v) is 3.85. The minimum atomic E-state index is 0.896. The van der Waals surface area contributed by atoms with E-state index in [1.807, 2.05) is 11.3 Å². The molecule has 0 aromatic carbocycles. The number of aryl methyl sites for hydroxylation is 1. The molecular formula is C11H15NS. The third kappa shape index (κ3) is 1.24. The largest absolute Gasteiger partial charge is 0.299 e. The van der Waals surface area contributed by atoms with Gasteiger partial charge in [-0.1, -0.05) is 0 Å². The molecule has 3 aliphatic rings.